The first kappa shape index (κ1) is 18.4. The molecule has 1 amide bonds. The molecule has 7 heteroatoms. The van der Waals surface area contributed by atoms with Crippen molar-refractivity contribution in [3.63, 3.8) is 0 Å². The summed E-state index contributed by atoms with van der Waals surface area (Å²) in [6.07, 6.45) is 5.82. The molecule has 0 radical (unpaired) electrons. The van der Waals surface area contributed by atoms with Crippen LogP contribution in [0, 0.1) is 22.0 Å². The molecule has 7 nitrogen and oxygen atoms in total. The van der Waals surface area contributed by atoms with Crippen LogP contribution in [-0.2, 0) is 4.74 Å². The molecule has 0 aromatic heterocycles. The molecule has 1 aliphatic heterocycles. The molecule has 0 spiro atoms. The molecule has 1 heterocycles. The number of rotatable bonds is 4. The fourth-order valence-electron chi connectivity index (χ4n) is 4.14. The van der Waals surface area contributed by atoms with Gasteiger partial charge in [0.05, 0.1) is 17.1 Å². The van der Waals surface area contributed by atoms with Crippen molar-refractivity contribution in [2.75, 3.05) is 19.7 Å². The molecule has 1 aliphatic carbocycles. The zero-order valence-electron chi connectivity index (χ0n) is 15.0. The molecule has 0 bridgehead atoms. The van der Waals surface area contributed by atoms with Gasteiger partial charge in [0.25, 0.3) is 11.6 Å². The summed E-state index contributed by atoms with van der Waals surface area (Å²) in [6.45, 7) is 3.19. The zero-order chi connectivity index (χ0) is 18.7. The van der Waals surface area contributed by atoms with E-state index in [1.54, 1.807) is 11.8 Å². The summed E-state index contributed by atoms with van der Waals surface area (Å²) in [5.74, 6) is 0.303. The number of nitro benzene ring substituents is 1. The first-order chi connectivity index (χ1) is 12.5. The van der Waals surface area contributed by atoms with Crippen LogP contribution in [0.25, 0.3) is 0 Å². The number of carbonyl (C=O) groups excluding carboxylic acids is 2. The van der Waals surface area contributed by atoms with Crippen LogP contribution < -0.4 is 0 Å². The van der Waals surface area contributed by atoms with Gasteiger partial charge in [-0.25, -0.2) is 4.79 Å². The minimum Gasteiger partial charge on any atom is -0.462 e. The van der Waals surface area contributed by atoms with Crippen LogP contribution in [0.1, 0.15) is 59.7 Å². The highest BCUT2D eigenvalue weighted by Gasteiger charge is 2.33. The van der Waals surface area contributed by atoms with E-state index in [1.165, 1.54) is 31.4 Å². The summed E-state index contributed by atoms with van der Waals surface area (Å²) in [4.78, 5) is 37.3. The summed E-state index contributed by atoms with van der Waals surface area (Å²) in [7, 11) is 0. The molecule has 0 unspecified atom stereocenters. The van der Waals surface area contributed by atoms with Gasteiger partial charge in [-0.15, -0.1) is 0 Å². The van der Waals surface area contributed by atoms with E-state index in [-0.39, 0.29) is 29.3 Å². The maximum Gasteiger partial charge on any atom is 0.338 e. The van der Waals surface area contributed by atoms with Crippen LogP contribution in [0.4, 0.5) is 5.69 Å². The van der Waals surface area contributed by atoms with Gasteiger partial charge >= 0.3 is 5.97 Å². The average molecular weight is 360 g/mol. The number of benzene rings is 1. The van der Waals surface area contributed by atoms with E-state index < -0.39 is 10.9 Å². The lowest BCUT2D eigenvalue weighted by atomic mass is 9.75. The number of esters is 1. The van der Waals surface area contributed by atoms with Gasteiger partial charge in [-0.1, -0.05) is 19.3 Å². The van der Waals surface area contributed by atoms with E-state index in [0.29, 0.717) is 24.9 Å². The second-order valence-electron chi connectivity index (χ2n) is 7.09. The molecule has 2 fully saturated rings. The summed E-state index contributed by atoms with van der Waals surface area (Å²) in [5.41, 5.74) is -0.0556. The monoisotopic (exact) mass is 360 g/mol. The van der Waals surface area contributed by atoms with Crippen LogP contribution in [0.15, 0.2) is 18.2 Å². The fraction of sp³-hybridized carbons (Fsp3) is 0.579. The quantitative estimate of drug-likeness (QED) is 0.466. The Morgan fingerprint density at radius 1 is 1.15 bits per heavy atom. The lowest BCUT2D eigenvalue weighted by molar-refractivity contribution is -0.384. The van der Waals surface area contributed by atoms with Crippen LogP contribution in [-0.4, -0.2) is 41.4 Å². The van der Waals surface area contributed by atoms with E-state index in [4.69, 9.17) is 4.74 Å². The third kappa shape index (κ3) is 3.86. The number of hydrogen-bond acceptors (Lipinski definition) is 5. The van der Waals surface area contributed by atoms with Gasteiger partial charge in [0.1, 0.15) is 0 Å². The second kappa shape index (κ2) is 7.85. The normalized spacial score (nSPS) is 22.4. The van der Waals surface area contributed by atoms with Gasteiger partial charge in [0.2, 0.25) is 0 Å². The van der Waals surface area contributed by atoms with E-state index in [2.05, 4.69) is 0 Å². The van der Waals surface area contributed by atoms with Crippen LogP contribution >= 0.6 is 0 Å². The fourth-order valence-corrected chi connectivity index (χ4v) is 4.14. The maximum atomic E-state index is 12.9. The standard InChI is InChI=1S/C19H24N2O5/c1-2-26-19(23)16-9-15(10-17(11-16)21(24)25)18(22)20-8-7-13-5-3-4-6-14(13)12-20/h9-11,13-14H,2-8,12H2,1H3/t13-,14-/m1/s1. The number of ether oxygens (including phenoxy) is 1. The lowest BCUT2D eigenvalue weighted by Gasteiger charge is -2.41. The van der Waals surface area contributed by atoms with Crippen molar-refractivity contribution in [3.05, 3.63) is 39.4 Å². The van der Waals surface area contributed by atoms with Crippen molar-refractivity contribution >= 4 is 17.6 Å². The highest BCUT2D eigenvalue weighted by molar-refractivity contribution is 5.99. The summed E-state index contributed by atoms with van der Waals surface area (Å²) < 4.78 is 4.93. The molecule has 3 rings (SSSR count). The van der Waals surface area contributed by atoms with Crippen molar-refractivity contribution in [1.29, 1.82) is 0 Å². The summed E-state index contributed by atoms with van der Waals surface area (Å²) in [5, 5.41) is 11.2. The topological polar surface area (TPSA) is 89.8 Å². The number of non-ortho nitro benzene ring substituents is 1. The Bertz CT molecular complexity index is 718. The number of carbonyl (C=O) groups is 2. The Morgan fingerprint density at radius 3 is 2.54 bits per heavy atom. The molecule has 140 valence electrons. The Labute approximate surface area is 152 Å². The zero-order valence-corrected chi connectivity index (χ0v) is 15.0. The van der Waals surface area contributed by atoms with Gasteiger partial charge < -0.3 is 9.64 Å². The number of fused-ring (bicyclic) bond motifs is 1. The smallest absolute Gasteiger partial charge is 0.338 e. The van der Waals surface area contributed by atoms with Crippen molar-refractivity contribution in [2.24, 2.45) is 11.8 Å². The third-order valence-corrected chi connectivity index (χ3v) is 5.47. The molecule has 0 N–H and O–H groups in total. The van der Waals surface area contributed by atoms with Crippen molar-refractivity contribution in [1.82, 2.24) is 4.90 Å². The van der Waals surface area contributed by atoms with E-state index in [1.807, 2.05) is 0 Å². The van der Waals surface area contributed by atoms with Gasteiger partial charge in [-0.2, -0.15) is 0 Å². The van der Waals surface area contributed by atoms with Crippen molar-refractivity contribution in [2.45, 2.75) is 39.0 Å². The van der Waals surface area contributed by atoms with E-state index in [0.717, 1.165) is 18.9 Å². The molecule has 1 aromatic carbocycles. The number of nitrogens with zero attached hydrogens (tertiary/aromatic N) is 2. The maximum absolute atomic E-state index is 12.9. The van der Waals surface area contributed by atoms with Crippen molar-refractivity contribution < 1.29 is 19.2 Å². The van der Waals surface area contributed by atoms with Gasteiger partial charge in [-0.3, -0.25) is 14.9 Å². The van der Waals surface area contributed by atoms with Crippen LogP contribution in [0.3, 0.4) is 0 Å². The Balaban J connectivity index is 1.83. The SMILES string of the molecule is CCOC(=O)c1cc(C(=O)N2CC[C@H]3CCCC[C@@H]3C2)cc([N+](=O)[O-])c1. The molecule has 26 heavy (non-hydrogen) atoms. The highest BCUT2D eigenvalue weighted by Crippen LogP contribution is 2.36. The number of piperidine rings is 1. The van der Waals surface area contributed by atoms with Gasteiger partial charge in [-0.05, 0) is 37.7 Å². The van der Waals surface area contributed by atoms with E-state index in [9.17, 15) is 19.7 Å². The predicted octanol–water partition coefficient (Wildman–Crippen LogP) is 3.42. The Hall–Kier alpha value is -2.44. The van der Waals surface area contributed by atoms with Crippen LogP contribution in [0.2, 0.25) is 0 Å². The molecular formula is C19H24N2O5. The Kier molecular flexibility index (Phi) is 5.54. The highest BCUT2D eigenvalue weighted by atomic mass is 16.6. The predicted molar refractivity (Wildman–Crippen MR) is 95.0 cm³/mol. The minimum absolute atomic E-state index is 0.0388. The lowest BCUT2D eigenvalue weighted by Crippen LogP contribution is -2.44. The molecule has 1 aromatic rings. The molecular weight excluding hydrogens is 336 g/mol. The average Bonchev–Trinajstić information content (AvgIpc) is 2.66. The minimum atomic E-state index is -0.656. The molecule has 2 atom stereocenters. The first-order valence-electron chi connectivity index (χ1n) is 9.25. The second-order valence-corrected chi connectivity index (χ2v) is 7.09. The molecule has 2 aliphatic rings. The summed E-state index contributed by atoms with van der Waals surface area (Å²) in [6, 6.07) is 3.81. The molecule has 1 saturated carbocycles. The first-order valence-corrected chi connectivity index (χ1v) is 9.25. The number of hydrogen-bond donors (Lipinski definition) is 0. The van der Waals surface area contributed by atoms with Crippen LogP contribution in [0.5, 0.6) is 0 Å². The van der Waals surface area contributed by atoms with Crippen molar-refractivity contribution in [3.8, 4) is 0 Å². The van der Waals surface area contributed by atoms with E-state index >= 15 is 0 Å². The number of nitro groups is 1. The van der Waals surface area contributed by atoms with Gasteiger partial charge in [0.15, 0.2) is 0 Å². The Morgan fingerprint density at radius 2 is 1.85 bits per heavy atom. The number of likely N-dealkylation sites (tertiary alicyclic amines) is 1. The largest absolute Gasteiger partial charge is 0.462 e. The number of amides is 1. The summed E-state index contributed by atoms with van der Waals surface area (Å²) >= 11 is 0. The third-order valence-electron chi connectivity index (χ3n) is 5.47. The van der Waals surface area contributed by atoms with Gasteiger partial charge in [0, 0.05) is 30.8 Å². The molecule has 1 saturated heterocycles.